The molecule has 0 radical (unpaired) electrons. The number of amides is 1. The molecular weight excluding hydrogens is 344 g/mol. The van der Waals surface area contributed by atoms with E-state index in [0.29, 0.717) is 28.4 Å². The zero-order valence-corrected chi connectivity index (χ0v) is 15.0. The van der Waals surface area contributed by atoms with Crippen LogP contribution in [0.2, 0.25) is 0 Å². The molecule has 1 amide bonds. The Morgan fingerprint density at radius 3 is 2.48 bits per heavy atom. The smallest absolute Gasteiger partial charge is 0.339 e. The number of hydrogen-bond acceptors (Lipinski definition) is 5. The predicted molar refractivity (Wildman–Crippen MR) is 101 cm³/mol. The van der Waals surface area contributed by atoms with E-state index in [0.717, 1.165) is 0 Å². The lowest BCUT2D eigenvalue weighted by Gasteiger charge is -2.20. The monoisotopic (exact) mass is 362 g/mol. The van der Waals surface area contributed by atoms with Gasteiger partial charge in [0.2, 0.25) is 5.88 Å². The lowest BCUT2D eigenvalue weighted by Crippen LogP contribution is -2.28. The summed E-state index contributed by atoms with van der Waals surface area (Å²) in [6, 6.07) is 18.9. The maximum Gasteiger partial charge on any atom is 0.339 e. The van der Waals surface area contributed by atoms with Crippen LogP contribution in [-0.2, 0) is 4.74 Å². The SMILES string of the molecule is COC(=O)c1ccccc1N(C)C(=O)c1cccc(Oc2ccccn2)c1. The van der Waals surface area contributed by atoms with E-state index in [1.165, 1.54) is 12.0 Å². The second-order valence-electron chi connectivity index (χ2n) is 5.67. The number of rotatable bonds is 5. The third-order valence-corrected chi connectivity index (χ3v) is 3.92. The van der Waals surface area contributed by atoms with E-state index in [-0.39, 0.29) is 5.91 Å². The van der Waals surface area contributed by atoms with Gasteiger partial charge in [-0.2, -0.15) is 0 Å². The molecule has 0 unspecified atom stereocenters. The molecule has 1 heterocycles. The lowest BCUT2D eigenvalue weighted by molar-refractivity contribution is 0.0601. The van der Waals surface area contributed by atoms with Crippen LogP contribution in [0, 0.1) is 0 Å². The lowest BCUT2D eigenvalue weighted by atomic mass is 10.1. The van der Waals surface area contributed by atoms with E-state index >= 15 is 0 Å². The number of para-hydroxylation sites is 1. The number of pyridine rings is 1. The zero-order chi connectivity index (χ0) is 19.2. The highest BCUT2D eigenvalue weighted by molar-refractivity contribution is 6.09. The molecule has 0 saturated carbocycles. The van der Waals surface area contributed by atoms with Crippen molar-refractivity contribution < 1.29 is 19.1 Å². The van der Waals surface area contributed by atoms with E-state index in [1.807, 2.05) is 6.07 Å². The van der Waals surface area contributed by atoms with Crippen LogP contribution in [0.3, 0.4) is 0 Å². The largest absolute Gasteiger partial charge is 0.465 e. The van der Waals surface area contributed by atoms with Gasteiger partial charge in [-0.15, -0.1) is 0 Å². The van der Waals surface area contributed by atoms with Gasteiger partial charge in [-0.25, -0.2) is 9.78 Å². The number of nitrogens with zero attached hydrogens (tertiary/aromatic N) is 2. The molecule has 0 saturated heterocycles. The maximum absolute atomic E-state index is 12.9. The molecule has 136 valence electrons. The second-order valence-corrected chi connectivity index (χ2v) is 5.67. The summed E-state index contributed by atoms with van der Waals surface area (Å²) in [5, 5.41) is 0. The minimum atomic E-state index is -0.502. The molecule has 0 bridgehead atoms. The standard InChI is InChI=1S/C21H18N2O4/c1-23(18-11-4-3-10-17(18)21(25)26-2)20(24)15-8-7-9-16(14-15)27-19-12-5-6-13-22-19/h3-14H,1-2H3. The van der Waals surface area contributed by atoms with Gasteiger partial charge in [-0.3, -0.25) is 4.79 Å². The first kappa shape index (κ1) is 18.1. The number of hydrogen-bond donors (Lipinski definition) is 0. The van der Waals surface area contributed by atoms with Crippen molar-refractivity contribution in [3.05, 3.63) is 84.1 Å². The number of methoxy groups -OCH3 is 1. The minimum absolute atomic E-state index is 0.280. The summed E-state index contributed by atoms with van der Waals surface area (Å²) in [7, 11) is 2.91. The van der Waals surface area contributed by atoms with Crippen LogP contribution in [0.4, 0.5) is 5.69 Å². The van der Waals surface area contributed by atoms with Crippen LogP contribution in [0.5, 0.6) is 11.6 Å². The van der Waals surface area contributed by atoms with E-state index in [4.69, 9.17) is 9.47 Å². The first-order valence-corrected chi connectivity index (χ1v) is 8.24. The fourth-order valence-corrected chi connectivity index (χ4v) is 2.57. The van der Waals surface area contributed by atoms with Gasteiger partial charge < -0.3 is 14.4 Å². The number of anilines is 1. The van der Waals surface area contributed by atoms with Crippen molar-refractivity contribution in [3.63, 3.8) is 0 Å². The zero-order valence-electron chi connectivity index (χ0n) is 15.0. The number of esters is 1. The Labute approximate surface area is 157 Å². The van der Waals surface area contributed by atoms with Crippen LogP contribution in [0.15, 0.2) is 72.9 Å². The van der Waals surface area contributed by atoms with Crippen LogP contribution < -0.4 is 9.64 Å². The fourth-order valence-electron chi connectivity index (χ4n) is 2.57. The quantitative estimate of drug-likeness (QED) is 0.643. The highest BCUT2D eigenvalue weighted by Gasteiger charge is 2.20. The van der Waals surface area contributed by atoms with Crippen LogP contribution in [0.1, 0.15) is 20.7 Å². The molecule has 2 aromatic carbocycles. The summed E-state index contributed by atoms with van der Waals surface area (Å²) in [4.78, 5) is 30.4. The first-order chi connectivity index (χ1) is 13.1. The van der Waals surface area contributed by atoms with Gasteiger partial charge in [0.05, 0.1) is 18.4 Å². The highest BCUT2D eigenvalue weighted by Crippen LogP contribution is 2.24. The summed E-state index contributed by atoms with van der Waals surface area (Å²) in [5.41, 5.74) is 1.20. The summed E-state index contributed by atoms with van der Waals surface area (Å²) in [6.45, 7) is 0. The molecule has 3 aromatic rings. The summed E-state index contributed by atoms with van der Waals surface area (Å²) < 4.78 is 10.5. The third kappa shape index (κ3) is 4.12. The average Bonchev–Trinajstić information content (AvgIpc) is 2.73. The Kier molecular flexibility index (Phi) is 5.47. The average molecular weight is 362 g/mol. The molecule has 0 fully saturated rings. The van der Waals surface area contributed by atoms with Crippen molar-refractivity contribution in [1.29, 1.82) is 0 Å². The van der Waals surface area contributed by atoms with Gasteiger partial charge in [-0.05, 0) is 36.4 Å². The molecule has 6 heteroatoms. The number of aromatic nitrogens is 1. The molecular formula is C21H18N2O4. The molecule has 0 N–H and O–H groups in total. The van der Waals surface area contributed by atoms with Crippen LogP contribution >= 0.6 is 0 Å². The third-order valence-electron chi connectivity index (χ3n) is 3.92. The normalized spacial score (nSPS) is 10.1. The topological polar surface area (TPSA) is 68.7 Å². The van der Waals surface area contributed by atoms with E-state index in [9.17, 15) is 9.59 Å². The maximum atomic E-state index is 12.9. The Hall–Kier alpha value is -3.67. The number of carbonyl (C=O) groups excluding carboxylic acids is 2. The fraction of sp³-hybridized carbons (Fsp3) is 0.0952. The van der Waals surface area contributed by atoms with Crippen molar-refractivity contribution in [1.82, 2.24) is 4.98 Å². The van der Waals surface area contributed by atoms with Gasteiger partial charge in [-0.1, -0.05) is 24.3 Å². The number of benzene rings is 2. The van der Waals surface area contributed by atoms with Gasteiger partial charge in [0.1, 0.15) is 5.75 Å². The Morgan fingerprint density at radius 1 is 0.963 bits per heavy atom. The molecule has 0 aliphatic carbocycles. The van der Waals surface area contributed by atoms with E-state index < -0.39 is 5.97 Å². The molecule has 0 aliphatic rings. The van der Waals surface area contributed by atoms with Crippen LogP contribution in [0.25, 0.3) is 0 Å². The van der Waals surface area contributed by atoms with Crippen molar-refractivity contribution in [2.24, 2.45) is 0 Å². The van der Waals surface area contributed by atoms with Crippen molar-refractivity contribution in [2.75, 3.05) is 19.1 Å². The Morgan fingerprint density at radius 2 is 1.74 bits per heavy atom. The highest BCUT2D eigenvalue weighted by atomic mass is 16.5. The minimum Gasteiger partial charge on any atom is -0.465 e. The molecule has 1 aromatic heterocycles. The van der Waals surface area contributed by atoms with Gasteiger partial charge >= 0.3 is 5.97 Å². The summed E-state index contributed by atoms with van der Waals surface area (Å²) in [5.74, 6) is 0.149. The summed E-state index contributed by atoms with van der Waals surface area (Å²) in [6.07, 6.45) is 1.63. The Balaban J connectivity index is 1.86. The van der Waals surface area contributed by atoms with Crippen LogP contribution in [-0.4, -0.2) is 31.0 Å². The molecule has 0 atom stereocenters. The predicted octanol–water partition coefficient (Wildman–Crippen LogP) is 3.94. The molecule has 27 heavy (non-hydrogen) atoms. The van der Waals surface area contributed by atoms with Crippen molar-refractivity contribution >= 4 is 17.6 Å². The molecule has 0 aliphatic heterocycles. The van der Waals surface area contributed by atoms with E-state index in [2.05, 4.69) is 4.98 Å². The molecule has 3 rings (SSSR count). The van der Waals surface area contributed by atoms with Gasteiger partial charge in [0.15, 0.2) is 0 Å². The number of carbonyl (C=O) groups is 2. The second kappa shape index (κ2) is 8.14. The molecule has 6 nitrogen and oxygen atoms in total. The molecule has 0 spiro atoms. The number of ether oxygens (including phenoxy) is 2. The van der Waals surface area contributed by atoms with Gasteiger partial charge in [0, 0.05) is 24.9 Å². The van der Waals surface area contributed by atoms with E-state index in [1.54, 1.807) is 73.9 Å². The van der Waals surface area contributed by atoms with Gasteiger partial charge in [0.25, 0.3) is 5.91 Å². The first-order valence-electron chi connectivity index (χ1n) is 8.24. The van der Waals surface area contributed by atoms with Crippen molar-refractivity contribution in [3.8, 4) is 11.6 Å². The summed E-state index contributed by atoms with van der Waals surface area (Å²) >= 11 is 0. The van der Waals surface area contributed by atoms with Crippen molar-refractivity contribution in [2.45, 2.75) is 0 Å². The Bertz CT molecular complexity index is 957.